The minimum absolute atomic E-state index is 0. The number of nitrogens with zero attached hydrogens (tertiary/aromatic N) is 1. The average Bonchev–Trinajstić information content (AvgIpc) is 3.25. The fourth-order valence-corrected chi connectivity index (χ4v) is 10.5. The van der Waals surface area contributed by atoms with E-state index in [1.165, 1.54) is 19.3 Å². The third-order valence-corrected chi connectivity index (χ3v) is 28.9. The number of carbonyl (C=O) groups is 5. The molecule has 3 amide bonds. The molecule has 426 valence electrons. The summed E-state index contributed by atoms with van der Waals surface area (Å²) in [7, 11) is -5.12. The standard InChI is InChI=1S/C22H43NO4Si.2C12H25NO2Si.C10H20O2.K.H/c1-18(2)27-21(25)15-10-8-9-11-16-23-19(13-12-14-20(23)24)17-26-28(6,7)22(3,4)5;2*1-12(2,3)16(4,5)15-9-10-7-6-8-11(14)13-10;1-3-5-6-7-8-9-10(11)12-4-2;;/h18-19H,8-17H2,1-7H3;2*10H,6-9H2,1-5H3,(H,13,14);3-9H2,1-2H3;;/q;;;;+1;-1/t19-;2*10-;;;/m111.../s1. The van der Waals surface area contributed by atoms with Crippen molar-refractivity contribution in [2.75, 3.05) is 33.0 Å². The Morgan fingerprint density at radius 1 is 0.589 bits per heavy atom. The van der Waals surface area contributed by atoms with Crippen LogP contribution in [-0.2, 0) is 46.7 Å². The molecule has 0 saturated carbocycles. The summed E-state index contributed by atoms with van der Waals surface area (Å²) in [5, 5.41) is 6.67. The van der Waals surface area contributed by atoms with Gasteiger partial charge in [0, 0.05) is 38.6 Å². The number of esters is 2. The van der Waals surface area contributed by atoms with Crippen LogP contribution in [0.5, 0.6) is 0 Å². The molecule has 3 saturated heterocycles. The largest absolute Gasteiger partial charge is 1.00 e. The molecule has 0 aromatic heterocycles. The van der Waals surface area contributed by atoms with Crippen molar-refractivity contribution in [3.8, 4) is 0 Å². The van der Waals surface area contributed by atoms with Crippen LogP contribution in [0.4, 0.5) is 0 Å². The van der Waals surface area contributed by atoms with Gasteiger partial charge >= 0.3 is 63.3 Å². The summed E-state index contributed by atoms with van der Waals surface area (Å²) >= 11 is 0. The Bertz CT molecular complexity index is 1520. The number of carbonyl (C=O) groups excluding carboxylic acids is 5. The number of nitrogens with one attached hydrogen (secondary N) is 2. The summed E-state index contributed by atoms with van der Waals surface area (Å²) in [5.41, 5.74) is 0. The maximum atomic E-state index is 12.5. The molecule has 0 radical (unpaired) electrons. The van der Waals surface area contributed by atoms with E-state index in [1.807, 2.05) is 20.8 Å². The van der Waals surface area contributed by atoms with Crippen LogP contribution in [0.2, 0.25) is 54.4 Å². The minimum Gasteiger partial charge on any atom is -1.00 e. The molecule has 73 heavy (non-hydrogen) atoms. The normalized spacial score (nSPS) is 18.9. The van der Waals surface area contributed by atoms with Crippen molar-refractivity contribution < 1.29 is 99.5 Å². The van der Waals surface area contributed by atoms with Gasteiger partial charge in [-0.2, -0.15) is 0 Å². The molecule has 3 aliphatic rings. The molecule has 3 fully saturated rings. The molecule has 2 N–H and O–H groups in total. The van der Waals surface area contributed by atoms with Gasteiger partial charge in [0.25, 0.3) is 0 Å². The van der Waals surface area contributed by atoms with Gasteiger partial charge in [-0.15, -0.1) is 0 Å². The zero-order valence-electron chi connectivity index (χ0n) is 52.0. The maximum Gasteiger partial charge on any atom is 1.00 e. The van der Waals surface area contributed by atoms with Gasteiger partial charge in [-0.05, 0) is 133 Å². The van der Waals surface area contributed by atoms with Gasteiger partial charge in [-0.3, -0.25) is 24.0 Å². The molecule has 3 atom stereocenters. The molecule has 0 unspecified atom stereocenters. The van der Waals surface area contributed by atoms with E-state index in [4.69, 9.17) is 22.8 Å². The zero-order valence-corrected chi connectivity index (χ0v) is 57.1. The van der Waals surface area contributed by atoms with Gasteiger partial charge in [-0.25, -0.2) is 0 Å². The van der Waals surface area contributed by atoms with E-state index in [0.29, 0.717) is 58.5 Å². The Kier molecular flexibility index (Phi) is 38.2. The minimum atomic E-state index is -1.79. The second kappa shape index (κ2) is 37.4. The number of hydrogen-bond acceptors (Lipinski definition) is 10. The number of ether oxygens (including phenoxy) is 2. The topological polar surface area (TPSA) is 159 Å². The van der Waals surface area contributed by atoms with Crippen LogP contribution in [-0.4, -0.2) is 117 Å². The van der Waals surface area contributed by atoms with Gasteiger partial charge in [0.15, 0.2) is 25.0 Å². The Labute approximate surface area is 495 Å². The Hall–Kier alpha value is -0.483. The Morgan fingerprint density at radius 3 is 1.38 bits per heavy atom. The van der Waals surface area contributed by atoms with E-state index in [1.54, 1.807) is 0 Å². The van der Waals surface area contributed by atoms with Crippen LogP contribution >= 0.6 is 0 Å². The van der Waals surface area contributed by atoms with E-state index in [2.05, 4.69) is 124 Å². The van der Waals surface area contributed by atoms with Crippen molar-refractivity contribution in [3.63, 3.8) is 0 Å². The summed E-state index contributed by atoms with van der Waals surface area (Å²) in [5.74, 6) is 0.471. The number of rotatable bonds is 24. The van der Waals surface area contributed by atoms with Gasteiger partial charge in [0.2, 0.25) is 17.7 Å². The van der Waals surface area contributed by atoms with Gasteiger partial charge in [0.05, 0.1) is 50.7 Å². The van der Waals surface area contributed by atoms with Crippen molar-refractivity contribution in [2.45, 2.75) is 297 Å². The molecule has 3 rings (SSSR count). The molecule has 13 nitrogen and oxygen atoms in total. The summed E-state index contributed by atoms with van der Waals surface area (Å²) < 4.78 is 28.6. The molecule has 17 heteroatoms. The van der Waals surface area contributed by atoms with E-state index in [0.717, 1.165) is 83.6 Å². The molecular weight excluding hydrogens is 998 g/mol. The summed E-state index contributed by atoms with van der Waals surface area (Å²) in [6.07, 6.45) is 19.0. The summed E-state index contributed by atoms with van der Waals surface area (Å²) in [4.78, 5) is 59.4. The molecule has 3 heterocycles. The fourth-order valence-electron chi connectivity index (χ4n) is 7.39. The molecular formula is C56H114KN3O10Si3. The van der Waals surface area contributed by atoms with Crippen LogP contribution in [0.1, 0.15) is 220 Å². The predicted molar refractivity (Wildman–Crippen MR) is 306 cm³/mol. The molecule has 0 aromatic carbocycles. The van der Waals surface area contributed by atoms with Crippen molar-refractivity contribution in [2.24, 2.45) is 0 Å². The van der Waals surface area contributed by atoms with E-state index < -0.39 is 25.0 Å². The zero-order chi connectivity index (χ0) is 55.4. The van der Waals surface area contributed by atoms with Gasteiger partial charge in [-0.1, -0.05) is 108 Å². The fraction of sp³-hybridized carbons (Fsp3) is 0.911. The van der Waals surface area contributed by atoms with Gasteiger partial charge < -0.3 is 39.7 Å². The molecule has 3 aliphatic heterocycles. The van der Waals surface area contributed by atoms with Crippen molar-refractivity contribution in [1.82, 2.24) is 15.5 Å². The van der Waals surface area contributed by atoms with E-state index >= 15 is 0 Å². The van der Waals surface area contributed by atoms with E-state index in [9.17, 15) is 24.0 Å². The Morgan fingerprint density at radius 2 is 0.986 bits per heavy atom. The first-order valence-electron chi connectivity index (χ1n) is 28.3. The number of piperidine rings is 3. The maximum absolute atomic E-state index is 12.5. The quantitative estimate of drug-likeness (QED) is 0.0541. The third kappa shape index (κ3) is 33.5. The first kappa shape index (κ1) is 74.6. The van der Waals surface area contributed by atoms with Crippen LogP contribution in [0.15, 0.2) is 0 Å². The number of amides is 3. The van der Waals surface area contributed by atoms with Crippen molar-refractivity contribution >= 4 is 54.6 Å². The van der Waals surface area contributed by atoms with Crippen molar-refractivity contribution in [1.29, 1.82) is 0 Å². The first-order valence-corrected chi connectivity index (χ1v) is 37.1. The molecule has 0 bridgehead atoms. The first-order chi connectivity index (χ1) is 33.2. The summed E-state index contributed by atoms with van der Waals surface area (Å²) in [6, 6.07) is 0.683. The van der Waals surface area contributed by atoms with Crippen LogP contribution in [0.25, 0.3) is 0 Å². The molecule has 0 aromatic rings. The molecule has 0 aliphatic carbocycles. The van der Waals surface area contributed by atoms with Gasteiger partial charge in [0.1, 0.15) is 0 Å². The third-order valence-electron chi connectivity index (χ3n) is 15.4. The Balaban J connectivity index is -0.000000950. The van der Waals surface area contributed by atoms with E-state index in [-0.39, 0.29) is 122 Å². The van der Waals surface area contributed by atoms with Crippen LogP contribution in [0, 0.1) is 0 Å². The second-order valence-corrected chi connectivity index (χ2v) is 39.8. The molecule has 0 spiro atoms. The smallest absolute Gasteiger partial charge is 1.00 e. The van der Waals surface area contributed by atoms with Crippen molar-refractivity contribution in [3.05, 3.63) is 0 Å². The SMILES string of the molecule is CC(C)(C)[Si](C)(C)OC[C@H]1CCCC(=O)N1.CC(C)(C)[Si](C)(C)OC[C@H]1CCCC(=O)N1.CC(C)OC(=O)CCCCCCN1C(=O)CCC[C@@H]1CO[Si](C)(C)C(C)(C)C.CCCCCCCC(=O)OCC.[H-].[K+]. The summed E-state index contributed by atoms with van der Waals surface area (Å²) in [6.45, 7) is 44.8. The van der Waals surface area contributed by atoms with Crippen LogP contribution in [0.3, 0.4) is 0 Å². The monoisotopic (exact) mass is 1110 g/mol. The number of hydrogen-bond donors (Lipinski definition) is 2. The second-order valence-electron chi connectivity index (χ2n) is 25.3. The predicted octanol–water partition coefficient (Wildman–Crippen LogP) is 10.7. The number of likely N-dealkylation sites (tertiary alicyclic amines) is 1. The average molecular weight is 1110 g/mol. The van der Waals surface area contributed by atoms with Crippen LogP contribution < -0.4 is 62.0 Å². The number of unbranched alkanes of at least 4 members (excludes halogenated alkanes) is 7.